The predicted molar refractivity (Wildman–Crippen MR) is 101 cm³/mol. The van der Waals surface area contributed by atoms with E-state index < -0.39 is 0 Å². The highest BCUT2D eigenvalue weighted by Crippen LogP contribution is 2.32. The van der Waals surface area contributed by atoms with E-state index in [9.17, 15) is 9.59 Å². The van der Waals surface area contributed by atoms with Gasteiger partial charge in [-0.1, -0.05) is 35.9 Å². The molecular formula is C20H23N3O4. The van der Waals surface area contributed by atoms with Gasteiger partial charge in [0.25, 0.3) is 0 Å². The zero-order valence-corrected chi connectivity index (χ0v) is 15.2. The lowest BCUT2D eigenvalue weighted by atomic mass is 10.1. The first-order valence-electron chi connectivity index (χ1n) is 8.82. The highest BCUT2D eigenvalue weighted by molar-refractivity contribution is 5.83. The van der Waals surface area contributed by atoms with Crippen molar-refractivity contribution in [1.82, 2.24) is 16.0 Å². The largest absolute Gasteiger partial charge is 0.454 e. The van der Waals surface area contributed by atoms with Crippen LogP contribution in [0.5, 0.6) is 11.5 Å². The molecule has 0 fully saturated rings. The molecule has 0 spiro atoms. The van der Waals surface area contributed by atoms with E-state index in [4.69, 9.17) is 9.47 Å². The van der Waals surface area contributed by atoms with Crippen molar-refractivity contribution in [2.45, 2.75) is 19.9 Å². The third-order valence-corrected chi connectivity index (χ3v) is 4.16. The fourth-order valence-corrected chi connectivity index (χ4v) is 2.62. The Labute approximate surface area is 158 Å². The van der Waals surface area contributed by atoms with Crippen LogP contribution in [0, 0.1) is 6.92 Å². The van der Waals surface area contributed by atoms with E-state index in [1.165, 1.54) is 5.56 Å². The van der Waals surface area contributed by atoms with Crippen molar-refractivity contribution in [3.8, 4) is 11.5 Å². The number of amides is 3. The minimum absolute atomic E-state index is 0.0686. The number of carbonyl (C=O) groups excluding carboxylic acids is 2. The first kappa shape index (κ1) is 18.6. The quantitative estimate of drug-likeness (QED) is 0.695. The molecule has 1 heterocycles. The number of ether oxygens (including phenoxy) is 2. The Morgan fingerprint density at radius 1 is 0.926 bits per heavy atom. The molecule has 3 amide bonds. The number of aryl methyl sites for hydroxylation is 1. The molecule has 0 atom stereocenters. The average molecular weight is 369 g/mol. The Kier molecular flexibility index (Phi) is 6.14. The van der Waals surface area contributed by atoms with Crippen molar-refractivity contribution in [1.29, 1.82) is 0 Å². The molecule has 1 aliphatic heterocycles. The van der Waals surface area contributed by atoms with Crippen LogP contribution in [0.15, 0.2) is 42.5 Å². The SMILES string of the molecule is Cc1ccc(CNC(=O)NCC(=O)NCCc2ccc3c(c2)OCO3)cc1. The number of hydrogen-bond donors (Lipinski definition) is 3. The molecule has 142 valence electrons. The van der Waals surface area contributed by atoms with E-state index in [-0.39, 0.29) is 25.3 Å². The highest BCUT2D eigenvalue weighted by atomic mass is 16.7. The summed E-state index contributed by atoms with van der Waals surface area (Å²) in [5.74, 6) is 1.23. The van der Waals surface area contributed by atoms with Crippen molar-refractivity contribution in [3.05, 3.63) is 59.2 Å². The molecule has 2 aromatic rings. The van der Waals surface area contributed by atoms with Crippen molar-refractivity contribution < 1.29 is 19.1 Å². The van der Waals surface area contributed by atoms with Gasteiger partial charge < -0.3 is 25.4 Å². The predicted octanol–water partition coefficient (Wildman–Crippen LogP) is 1.88. The molecule has 2 aromatic carbocycles. The van der Waals surface area contributed by atoms with Crippen LogP contribution < -0.4 is 25.4 Å². The molecule has 7 nitrogen and oxygen atoms in total. The summed E-state index contributed by atoms with van der Waals surface area (Å²) in [6.07, 6.45) is 0.669. The maximum atomic E-state index is 11.8. The summed E-state index contributed by atoms with van der Waals surface area (Å²) in [7, 11) is 0. The number of rotatable bonds is 7. The number of benzene rings is 2. The topological polar surface area (TPSA) is 88.7 Å². The molecule has 0 aromatic heterocycles. The summed E-state index contributed by atoms with van der Waals surface area (Å²) >= 11 is 0. The molecular weight excluding hydrogens is 346 g/mol. The van der Waals surface area contributed by atoms with Crippen LogP contribution in [0.2, 0.25) is 0 Å². The first-order chi connectivity index (χ1) is 13.1. The Hall–Kier alpha value is -3.22. The average Bonchev–Trinajstić information content (AvgIpc) is 3.14. The molecule has 3 N–H and O–H groups in total. The molecule has 0 radical (unpaired) electrons. The van der Waals surface area contributed by atoms with Gasteiger partial charge >= 0.3 is 6.03 Å². The third-order valence-electron chi connectivity index (χ3n) is 4.16. The summed E-state index contributed by atoms with van der Waals surface area (Å²) in [4.78, 5) is 23.6. The molecule has 7 heteroatoms. The minimum Gasteiger partial charge on any atom is -0.454 e. The Morgan fingerprint density at radius 2 is 1.67 bits per heavy atom. The molecule has 0 saturated carbocycles. The van der Waals surface area contributed by atoms with Gasteiger partial charge in [-0.2, -0.15) is 0 Å². The maximum absolute atomic E-state index is 11.8. The number of nitrogens with one attached hydrogen (secondary N) is 3. The molecule has 27 heavy (non-hydrogen) atoms. The first-order valence-corrected chi connectivity index (χ1v) is 8.82. The van der Waals surface area contributed by atoms with Gasteiger partial charge in [0.15, 0.2) is 11.5 Å². The van der Waals surface area contributed by atoms with E-state index in [0.717, 1.165) is 22.6 Å². The third kappa shape index (κ3) is 5.64. The lowest BCUT2D eigenvalue weighted by Gasteiger charge is -2.09. The van der Waals surface area contributed by atoms with Gasteiger partial charge in [-0.05, 0) is 36.6 Å². The van der Waals surface area contributed by atoms with Gasteiger partial charge in [-0.15, -0.1) is 0 Å². The molecule has 3 rings (SSSR count). The summed E-state index contributed by atoms with van der Waals surface area (Å²) in [6, 6.07) is 13.2. The van der Waals surface area contributed by atoms with Crippen LogP contribution >= 0.6 is 0 Å². The van der Waals surface area contributed by atoms with Gasteiger partial charge in [0, 0.05) is 13.1 Å². The van der Waals surface area contributed by atoms with Crippen molar-refractivity contribution in [3.63, 3.8) is 0 Å². The zero-order chi connectivity index (χ0) is 19.1. The lowest BCUT2D eigenvalue weighted by molar-refractivity contribution is -0.120. The zero-order valence-electron chi connectivity index (χ0n) is 15.2. The van der Waals surface area contributed by atoms with Crippen LogP contribution in [0.4, 0.5) is 4.79 Å². The smallest absolute Gasteiger partial charge is 0.315 e. The van der Waals surface area contributed by atoms with Gasteiger partial charge in [-0.3, -0.25) is 4.79 Å². The van der Waals surface area contributed by atoms with Gasteiger partial charge in [0.1, 0.15) is 0 Å². The number of fused-ring (bicyclic) bond motifs is 1. The summed E-state index contributed by atoms with van der Waals surface area (Å²) in [5, 5.41) is 8.05. The van der Waals surface area contributed by atoms with Crippen LogP contribution in [0.1, 0.15) is 16.7 Å². The summed E-state index contributed by atoms with van der Waals surface area (Å²) in [5.41, 5.74) is 3.22. The van der Waals surface area contributed by atoms with Crippen LogP contribution in [0.25, 0.3) is 0 Å². The van der Waals surface area contributed by atoms with E-state index in [2.05, 4.69) is 16.0 Å². The standard InChI is InChI=1S/C20H23N3O4/c1-14-2-4-16(5-3-14)11-22-20(25)23-12-19(24)21-9-8-15-6-7-17-18(10-15)27-13-26-17/h2-7,10H,8-9,11-13H2,1H3,(H,21,24)(H2,22,23,25). The molecule has 0 aliphatic carbocycles. The second-order valence-corrected chi connectivity index (χ2v) is 6.31. The van der Waals surface area contributed by atoms with Gasteiger partial charge in [0.05, 0.1) is 6.54 Å². The lowest BCUT2D eigenvalue weighted by Crippen LogP contribution is -2.42. The van der Waals surface area contributed by atoms with Gasteiger partial charge in [-0.25, -0.2) is 4.79 Å². The molecule has 0 saturated heterocycles. The van der Waals surface area contributed by atoms with Crippen molar-refractivity contribution in [2.24, 2.45) is 0 Å². The monoisotopic (exact) mass is 369 g/mol. The van der Waals surface area contributed by atoms with Gasteiger partial charge in [0.2, 0.25) is 12.7 Å². The minimum atomic E-state index is -0.374. The van der Waals surface area contributed by atoms with Crippen molar-refractivity contribution >= 4 is 11.9 Å². The second kappa shape index (κ2) is 8.93. The fraction of sp³-hybridized carbons (Fsp3) is 0.300. The number of carbonyl (C=O) groups is 2. The van der Waals surface area contributed by atoms with E-state index in [1.54, 1.807) is 0 Å². The summed E-state index contributed by atoms with van der Waals surface area (Å²) in [6.45, 7) is 3.08. The molecule has 0 unspecified atom stereocenters. The molecule has 1 aliphatic rings. The molecule has 0 bridgehead atoms. The fourth-order valence-electron chi connectivity index (χ4n) is 2.62. The Morgan fingerprint density at radius 3 is 2.48 bits per heavy atom. The second-order valence-electron chi connectivity index (χ2n) is 6.31. The van der Waals surface area contributed by atoms with E-state index in [0.29, 0.717) is 19.5 Å². The Bertz CT molecular complexity index is 805. The van der Waals surface area contributed by atoms with Crippen LogP contribution in [0.3, 0.4) is 0 Å². The number of urea groups is 1. The normalized spacial score (nSPS) is 11.7. The van der Waals surface area contributed by atoms with Crippen molar-refractivity contribution in [2.75, 3.05) is 19.9 Å². The van der Waals surface area contributed by atoms with Crippen LogP contribution in [-0.4, -0.2) is 31.8 Å². The van der Waals surface area contributed by atoms with Crippen LogP contribution in [-0.2, 0) is 17.8 Å². The summed E-state index contributed by atoms with van der Waals surface area (Å²) < 4.78 is 10.6. The van der Waals surface area contributed by atoms with E-state index in [1.807, 2.05) is 49.4 Å². The Balaban J connectivity index is 1.31. The maximum Gasteiger partial charge on any atom is 0.315 e. The number of hydrogen-bond acceptors (Lipinski definition) is 4. The highest BCUT2D eigenvalue weighted by Gasteiger charge is 2.13. The van der Waals surface area contributed by atoms with E-state index >= 15 is 0 Å².